The predicted molar refractivity (Wildman–Crippen MR) is 77.6 cm³/mol. The van der Waals surface area contributed by atoms with Crippen molar-refractivity contribution in [3.05, 3.63) is 4.77 Å². The first-order valence-electron chi connectivity index (χ1n) is 6.90. The van der Waals surface area contributed by atoms with Crippen LogP contribution in [0, 0.1) is 10.7 Å². The van der Waals surface area contributed by atoms with E-state index in [2.05, 4.69) is 47.5 Å². The van der Waals surface area contributed by atoms with Crippen molar-refractivity contribution in [2.24, 2.45) is 5.92 Å². The highest BCUT2D eigenvalue weighted by atomic mass is 32.1. The highest BCUT2D eigenvalue weighted by molar-refractivity contribution is 7.71. The number of anilines is 1. The average molecular weight is 268 g/mol. The summed E-state index contributed by atoms with van der Waals surface area (Å²) in [4.78, 5) is 2.31. The van der Waals surface area contributed by atoms with Crippen molar-refractivity contribution in [2.75, 3.05) is 11.9 Å². The predicted octanol–water partition coefficient (Wildman–Crippen LogP) is 3.54. The minimum Gasteiger partial charge on any atom is -0.341 e. The molecular weight excluding hydrogens is 244 g/mol. The summed E-state index contributed by atoms with van der Waals surface area (Å²) in [6.07, 6.45) is 5.21. The molecule has 0 bridgehead atoms. The first kappa shape index (κ1) is 13.6. The molecule has 1 aromatic rings. The normalized spacial score (nSPS) is 24.5. The van der Waals surface area contributed by atoms with E-state index < -0.39 is 0 Å². The second-order valence-electron chi connectivity index (χ2n) is 5.83. The van der Waals surface area contributed by atoms with Crippen molar-refractivity contribution in [3.8, 4) is 0 Å². The summed E-state index contributed by atoms with van der Waals surface area (Å²) in [7, 11) is 2.15. The third-order valence-electron chi connectivity index (χ3n) is 3.97. The molecule has 5 heteroatoms. The molecular formula is C13H24N4S. The molecule has 0 amide bonds. The van der Waals surface area contributed by atoms with Crippen molar-refractivity contribution in [1.29, 1.82) is 0 Å². The Morgan fingerprint density at radius 2 is 2.17 bits per heavy atom. The average Bonchev–Trinajstić information content (AvgIpc) is 2.70. The Bertz CT molecular complexity index is 448. The van der Waals surface area contributed by atoms with Gasteiger partial charge in [-0.25, -0.2) is 5.10 Å². The van der Waals surface area contributed by atoms with E-state index in [1.807, 2.05) is 0 Å². The van der Waals surface area contributed by atoms with Gasteiger partial charge in [0.05, 0.1) is 0 Å². The highest BCUT2D eigenvalue weighted by Crippen LogP contribution is 2.29. The van der Waals surface area contributed by atoms with Gasteiger partial charge in [0.2, 0.25) is 5.95 Å². The zero-order valence-electron chi connectivity index (χ0n) is 11.8. The van der Waals surface area contributed by atoms with Crippen LogP contribution in [0.5, 0.6) is 0 Å². The molecule has 0 saturated heterocycles. The lowest BCUT2D eigenvalue weighted by Gasteiger charge is -2.35. The Labute approximate surface area is 114 Å². The maximum Gasteiger partial charge on any atom is 0.225 e. The second kappa shape index (κ2) is 5.43. The molecule has 2 atom stereocenters. The van der Waals surface area contributed by atoms with E-state index in [-0.39, 0.29) is 0 Å². The fourth-order valence-electron chi connectivity index (χ4n) is 2.93. The van der Waals surface area contributed by atoms with Crippen LogP contribution < -0.4 is 4.90 Å². The van der Waals surface area contributed by atoms with Crippen molar-refractivity contribution in [3.63, 3.8) is 0 Å². The maximum absolute atomic E-state index is 5.31. The zero-order valence-corrected chi connectivity index (χ0v) is 12.6. The van der Waals surface area contributed by atoms with Gasteiger partial charge < -0.3 is 4.90 Å². The Morgan fingerprint density at radius 1 is 1.44 bits per heavy atom. The van der Waals surface area contributed by atoms with Crippen LogP contribution in [-0.2, 0) is 0 Å². The van der Waals surface area contributed by atoms with E-state index in [9.17, 15) is 0 Å². The molecule has 2 unspecified atom stereocenters. The van der Waals surface area contributed by atoms with Crippen LogP contribution in [0.2, 0.25) is 0 Å². The number of nitrogens with zero attached hydrogens (tertiary/aromatic N) is 3. The van der Waals surface area contributed by atoms with Gasteiger partial charge in [-0.15, -0.1) is 5.10 Å². The number of hydrogen-bond donors (Lipinski definition) is 1. The van der Waals surface area contributed by atoms with E-state index >= 15 is 0 Å². The molecule has 1 heterocycles. The van der Waals surface area contributed by atoms with Crippen LogP contribution in [0.1, 0.15) is 52.5 Å². The van der Waals surface area contributed by atoms with Crippen molar-refractivity contribution < 1.29 is 0 Å². The van der Waals surface area contributed by atoms with Crippen LogP contribution in [-0.4, -0.2) is 27.9 Å². The molecule has 1 aromatic heterocycles. The Morgan fingerprint density at radius 3 is 2.78 bits per heavy atom. The molecule has 4 nitrogen and oxygen atoms in total. The SMILES string of the molecule is CC1CCCC(N(C)c2n[nH]c(=S)n2C(C)C)C1. The van der Waals surface area contributed by atoms with E-state index in [0.29, 0.717) is 12.1 Å². The Kier molecular flexibility index (Phi) is 4.10. The number of rotatable bonds is 3. The van der Waals surface area contributed by atoms with Gasteiger partial charge in [0, 0.05) is 19.1 Å². The van der Waals surface area contributed by atoms with Crippen molar-refractivity contribution >= 4 is 18.2 Å². The van der Waals surface area contributed by atoms with Crippen molar-refractivity contribution in [1.82, 2.24) is 14.8 Å². The lowest BCUT2D eigenvalue weighted by atomic mass is 9.86. The molecule has 1 N–H and O–H groups in total. The molecule has 1 fully saturated rings. The van der Waals surface area contributed by atoms with E-state index in [1.54, 1.807) is 0 Å². The van der Waals surface area contributed by atoms with Gasteiger partial charge in [0.15, 0.2) is 4.77 Å². The van der Waals surface area contributed by atoms with Gasteiger partial charge in [0.25, 0.3) is 0 Å². The zero-order chi connectivity index (χ0) is 13.3. The summed E-state index contributed by atoms with van der Waals surface area (Å²) < 4.78 is 2.82. The standard InChI is InChI=1S/C13H24N4S/c1-9(2)17-12(14-15-13(17)18)16(4)11-7-5-6-10(3)8-11/h9-11H,5-8H2,1-4H3,(H,15,18). The van der Waals surface area contributed by atoms with E-state index in [4.69, 9.17) is 12.2 Å². The van der Waals surface area contributed by atoms with Gasteiger partial charge >= 0.3 is 0 Å². The molecule has 1 aliphatic carbocycles. The topological polar surface area (TPSA) is 36.9 Å². The molecule has 1 saturated carbocycles. The molecule has 0 spiro atoms. The molecule has 2 rings (SSSR count). The Hall–Kier alpha value is -0.840. The number of nitrogens with one attached hydrogen (secondary N) is 1. The highest BCUT2D eigenvalue weighted by Gasteiger charge is 2.25. The van der Waals surface area contributed by atoms with Crippen LogP contribution in [0.15, 0.2) is 0 Å². The summed E-state index contributed by atoms with van der Waals surface area (Å²) in [5, 5.41) is 7.33. The second-order valence-corrected chi connectivity index (χ2v) is 6.22. The van der Waals surface area contributed by atoms with E-state index in [0.717, 1.165) is 16.6 Å². The molecule has 0 radical (unpaired) electrons. The summed E-state index contributed by atoms with van der Waals surface area (Å²) in [5.74, 6) is 1.80. The van der Waals surface area contributed by atoms with Gasteiger partial charge in [-0.05, 0) is 44.8 Å². The van der Waals surface area contributed by atoms with Gasteiger partial charge in [-0.3, -0.25) is 4.57 Å². The number of aromatic nitrogens is 3. The van der Waals surface area contributed by atoms with Crippen LogP contribution in [0.4, 0.5) is 5.95 Å². The minimum atomic E-state index is 0.342. The quantitative estimate of drug-likeness (QED) is 0.852. The summed E-state index contributed by atoms with van der Waals surface area (Å²) in [5.41, 5.74) is 0. The summed E-state index contributed by atoms with van der Waals surface area (Å²) in [6, 6.07) is 0.936. The number of H-pyrrole nitrogens is 1. The van der Waals surface area contributed by atoms with Gasteiger partial charge in [0.1, 0.15) is 0 Å². The largest absolute Gasteiger partial charge is 0.341 e. The third-order valence-corrected chi connectivity index (χ3v) is 4.26. The molecule has 102 valence electrons. The van der Waals surface area contributed by atoms with Gasteiger partial charge in [-0.2, -0.15) is 0 Å². The van der Waals surface area contributed by atoms with Crippen LogP contribution >= 0.6 is 12.2 Å². The monoisotopic (exact) mass is 268 g/mol. The van der Waals surface area contributed by atoms with Crippen LogP contribution in [0.3, 0.4) is 0 Å². The summed E-state index contributed by atoms with van der Waals surface area (Å²) in [6.45, 7) is 6.64. The number of hydrogen-bond acceptors (Lipinski definition) is 3. The molecule has 18 heavy (non-hydrogen) atoms. The maximum atomic E-state index is 5.31. The van der Waals surface area contributed by atoms with Crippen molar-refractivity contribution in [2.45, 2.75) is 58.5 Å². The molecule has 0 aromatic carbocycles. The fourth-order valence-corrected chi connectivity index (χ4v) is 3.27. The lowest BCUT2D eigenvalue weighted by molar-refractivity contribution is 0.332. The first-order chi connectivity index (χ1) is 8.50. The summed E-state index contributed by atoms with van der Waals surface area (Å²) >= 11 is 5.31. The molecule has 1 aliphatic rings. The minimum absolute atomic E-state index is 0.342. The smallest absolute Gasteiger partial charge is 0.225 e. The van der Waals surface area contributed by atoms with Gasteiger partial charge in [-0.1, -0.05) is 19.8 Å². The third kappa shape index (κ3) is 2.60. The molecule has 0 aliphatic heterocycles. The first-order valence-corrected chi connectivity index (χ1v) is 7.31. The Balaban J connectivity index is 2.23. The lowest BCUT2D eigenvalue weighted by Crippen LogP contribution is -2.37. The number of aromatic amines is 1. The fraction of sp³-hybridized carbons (Fsp3) is 0.846. The van der Waals surface area contributed by atoms with E-state index in [1.165, 1.54) is 25.7 Å². The van der Waals surface area contributed by atoms with Crippen LogP contribution in [0.25, 0.3) is 0 Å².